The van der Waals surface area contributed by atoms with Gasteiger partial charge in [-0.1, -0.05) is 26.0 Å². The lowest BCUT2D eigenvalue weighted by molar-refractivity contribution is 0.273. The van der Waals surface area contributed by atoms with Gasteiger partial charge < -0.3 is 5.11 Å². The minimum Gasteiger partial charge on any atom is -0.390 e. The van der Waals surface area contributed by atoms with Crippen molar-refractivity contribution in [2.24, 2.45) is 0 Å². The summed E-state index contributed by atoms with van der Waals surface area (Å²) in [5.74, 6) is 0. The van der Waals surface area contributed by atoms with Crippen LogP contribution >= 0.6 is 0 Å². The van der Waals surface area contributed by atoms with Crippen LogP contribution in [0.4, 0.5) is 0 Å². The van der Waals surface area contributed by atoms with Crippen molar-refractivity contribution in [2.75, 3.05) is 0 Å². The van der Waals surface area contributed by atoms with Gasteiger partial charge in [-0.15, -0.1) is 5.10 Å². The molecule has 0 bridgehead atoms. The normalized spacial score (nSPS) is 12.1. The van der Waals surface area contributed by atoms with Crippen LogP contribution in [0, 0.1) is 0 Å². The Morgan fingerprint density at radius 3 is 2.38 bits per heavy atom. The molecule has 13 heavy (non-hydrogen) atoms. The molecule has 0 aliphatic heterocycles. The van der Waals surface area contributed by atoms with Crippen LogP contribution in [0.15, 0.2) is 0 Å². The monoisotopic (exact) mass is 183 g/mol. The molecular formula is C9H17N3O. The number of aliphatic hydroxyl groups excluding tert-OH is 1. The Bertz CT molecular complexity index is 264. The van der Waals surface area contributed by atoms with Gasteiger partial charge in [-0.25, -0.2) is 4.68 Å². The zero-order valence-electron chi connectivity index (χ0n) is 8.70. The lowest BCUT2D eigenvalue weighted by atomic mass is 9.90. The number of aromatic nitrogens is 3. The molecule has 0 aliphatic carbocycles. The summed E-state index contributed by atoms with van der Waals surface area (Å²) in [6, 6.07) is 0. The molecule has 1 N–H and O–H groups in total. The Kier molecular flexibility index (Phi) is 2.71. The fourth-order valence-electron chi connectivity index (χ4n) is 1.50. The molecule has 1 rings (SSSR count). The van der Waals surface area contributed by atoms with E-state index in [4.69, 9.17) is 5.11 Å². The van der Waals surface area contributed by atoms with E-state index in [-0.39, 0.29) is 12.0 Å². The Hall–Kier alpha value is -0.900. The zero-order valence-corrected chi connectivity index (χ0v) is 8.70. The van der Waals surface area contributed by atoms with Crippen molar-refractivity contribution in [2.45, 2.75) is 46.3 Å². The third-order valence-electron chi connectivity index (χ3n) is 1.96. The van der Waals surface area contributed by atoms with Crippen LogP contribution in [-0.4, -0.2) is 20.1 Å². The first-order valence-corrected chi connectivity index (χ1v) is 4.54. The van der Waals surface area contributed by atoms with Crippen LogP contribution in [0.25, 0.3) is 0 Å². The average molecular weight is 183 g/mol. The molecule has 0 aromatic carbocycles. The summed E-state index contributed by atoms with van der Waals surface area (Å²) in [6.07, 6.45) is 0. The summed E-state index contributed by atoms with van der Waals surface area (Å²) in [5, 5.41) is 17.0. The van der Waals surface area contributed by atoms with Crippen molar-refractivity contribution < 1.29 is 5.11 Å². The van der Waals surface area contributed by atoms with Crippen molar-refractivity contribution in [1.82, 2.24) is 15.0 Å². The highest BCUT2D eigenvalue weighted by Crippen LogP contribution is 2.24. The second-order valence-electron chi connectivity index (χ2n) is 4.11. The van der Waals surface area contributed by atoms with Gasteiger partial charge >= 0.3 is 0 Å². The number of hydrogen-bond acceptors (Lipinski definition) is 3. The molecule has 0 saturated heterocycles. The van der Waals surface area contributed by atoms with Crippen molar-refractivity contribution in [1.29, 1.82) is 0 Å². The Balaban J connectivity index is 3.20. The number of hydrogen-bond donors (Lipinski definition) is 1. The number of rotatable bonds is 2. The van der Waals surface area contributed by atoms with E-state index >= 15 is 0 Å². The molecule has 1 aromatic rings. The summed E-state index contributed by atoms with van der Waals surface area (Å²) in [7, 11) is 0. The highest BCUT2D eigenvalue weighted by molar-refractivity contribution is 5.18. The standard InChI is InChI=1S/C9H17N3O/c1-5-12-8(9(2,3)4)7(6-13)10-11-12/h13H,5-6H2,1-4H3. The molecule has 0 unspecified atom stereocenters. The molecule has 0 saturated carbocycles. The highest BCUT2D eigenvalue weighted by Gasteiger charge is 2.23. The van der Waals surface area contributed by atoms with E-state index in [1.54, 1.807) is 0 Å². The Morgan fingerprint density at radius 1 is 1.38 bits per heavy atom. The number of aliphatic hydroxyl groups is 1. The van der Waals surface area contributed by atoms with Crippen molar-refractivity contribution >= 4 is 0 Å². The maximum absolute atomic E-state index is 9.07. The topological polar surface area (TPSA) is 50.9 Å². The molecule has 4 nitrogen and oxygen atoms in total. The lowest BCUT2D eigenvalue weighted by Crippen LogP contribution is -2.19. The van der Waals surface area contributed by atoms with E-state index in [2.05, 4.69) is 31.1 Å². The third-order valence-corrected chi connectivity index (χ3v) is 1.96. The van der Waals surface area contributed by atoms with E-state index < -0.39 is 0 Å². The largest absolute Gasteiger partial charge is 0.390 e. The minimum absolute atomic E-state index is 0.0163. The van der Waals surface area contributed by atoms with Gasteiger partial charge in [0.15, 0.2) is 0 Å². The average Bonchev–Trinajstić information content (AvgIpc) is 2.45. The molecule has 0 atom stereocenters. The zero-order chi connectivity index (χ0) is 10.1. The predicted molar refractivity (Wildman–Crippen MR) is 50.3 cm³/mol. The Labute approximate surface area is 78.6 Å². The number of nitrogens with zero attached hydrogens (tertiary/aromatic N) is 3. The smallest absolute Gasteiger partial charge is 0.112 e. The summed E-state index contributed by atoms with van der Waals surface area (Å²) >= 11 is 0. The maximum Gasteiger partial charge on any atom is 0.112 e. The van der Waals surface area contributed by atoms with Crippen LogP contribution < -0.4 is 0 Å². The van der Waals surface area contributed by atoms with Crippen LogP contribution in [0.2, 0.25) is 0 Å². The molecule has 1 heterocycles. The van der Waals surface area contributed by atoms with Gasteiger partial charge in [0, 0.05) is 12.0 Å². The van der Waals surface area contributed by atoms with Crippen molar-refractivity contribution in [3.05, 3.63) is 11.4 Å². The molecule has 1 aromatic heterocycles. The van der Waals surface area contributed by atoms with Crippen molar-refractivity contribution in [3.63, 3.8) is 0 Å². The van der Waals surface area contributed by atoms with Crippen LogP contribution in [0.3, 0.4) is 0 Å². The molecule has 0 aliphatic rings. The van der Waals surface area contributed by atoms with Gasteiger partial charge in [0.05, 0.1) is 12.3 Å². The summed E-state index contributed by atoms with van der Waals surface area (Å²) in [4.78, 5) is 0. The van der Waals surface area contributed by atoms with E-state index in [0.29, 0.717) is 5.69 Å². The number of aryl methyl sites for hydroxylation is 1. The maximum atomic E-state index is 9.07. The third kappa shape index (κ3) is 1.88. The highest BCUT2D eigenvalue weighted by atomic mass is 16.3. The van der Waals surface area contributed by atoms with Gasteiger partial charge in [0.2, 0.25) is 0 Å². The second-order valence-corrected chi connectivity index (χ2v) is 4.11. The molecule has 0 radical (unpaired) electrons. The fourth-order valence-corrected chi connectivity index (χ4v) is 1.50. The predicted octanol–water partition coefficient (Wildman–Crippen LogP) is 1.09. The van der Waals surface area contributed by atoms with Gasteiger partial charge in [0.25, 0.3) is 0 Å². The Morgan fingerprint density at radius 2 is 2.00 bits per heavy atom. The van der Waals surface area contributed by atoms with Gasteiger partial charge in [0.1, 0.15) is 5.69 Å². The lowest BCUT2D eigenvalue weighted by Gasteiger charge is -2.20. The molecular weight excluding hydrogens is 166 g/mol. The first-order valence-electron chi connectivity index (χ1n) is 4.54. The van der Waals surface area contributed by atoms with Crippen LogP contribution in [-0.2, 0) is 18.6 Å². The minimum atomic E-state index is -0.0351. The van der Waals surface area contributed by atoms with E-state index in [0.717, 1.165) is 12.2 Å². The second kappa shape index (κ2) is 3.46. The first-order chi connectivity index (χ1) is 6.00. The van der Waals surface area contributed by atoms with Gasteiger partial charge in [-0.2, -0.15) is 0 Å². The van der Waals surface area contributed by atoms with Crippen LogP contribution in [0.1, 0.15) is 39.1 Å². The summed E-state index contributed by atoms with van der Waals surface area (Å²) < 4.78 is 1.84. The van der Waals surface area contributed by atoms with E-state index in [1.165, 1.54) is 0 Å². The molecule has 4 heteroatoms. The van der Waals surface area contributed by atoms with E-state index in [9.17, 15) is 0 Å². The van der Waals surface area contributed by atoms with E-state index in [1.807, 2.05) is 11.6 Å². The molecule has 0 spiro atoms. The first kappa shape index (κ1) is 10.2. The van der Waals surface area contributed by atoms with Crippen molar-refractivity contribution in [3.8, 4) is 0 Å². The molecule has 0 fully saturated rings. The SMILES string of the molecule is CCn1nnc(CO)c1C(C)(C)C. The molecule has 74 valence electrons. The fraction of sp³-hybridized carbons (Fsp3) is 0.778. The summed E-state index contributed by atoms with van der Waals surface area (Å²) in [6.45, 7) is 9.06. The summed E-state index contributed by atoms with van der Waals surface area (Å²) in [5.41, 5.74) is 1.70. The van der Waals surface area contributed by atoms with Gasteiger partial charge in [-0.05, 0) is 6.92 Å². The quantitative estimate of drug-likeness (QED) is 0.746. The van der Waals surface area contributed by atoms with Gasteiger partial charge in [-0.3, -0.25) is 0 Å². The van der Waals surface area contributed by atoms with Crippen LogP contribution in [0.5, 0.6) is 0 Å². The molecule has 0 amide bonds.